The summed E-state index contributed by atoms with van der Waals surface area (Å²) in [5.74, 6) is 0.322. The first-order valence-electron chi connectivity index (χ1n) is 12.9. The zero-order chi connectivity index (χ0) is 26.5. The third-order valence-electron chi connectivity index (χ3n) is 6.27. The van der Waals surface area contributed by atoms with E-state index >= 15 is 0 Å². The summed E-state index contributed by atoms with van der Waals surface area (Å²) in [4.78, 5) is 6.80. The number of rotatable bonds is 9. The van der Waals surface area contributed by atoms with Crippen LogP contribution in [0, 0.1) is 11.3 Å². The summed E-state index contributed by atoms with van der Waals surface area (Å²) in [6.07, 6.45) is 1.69. The molecule has 1 N–H and O–H groups in total. The van der Waals surface area contributed by atoms with Crippen molar-refractivity contribution < 1.29 is 14.2 Å². The fourth-order valence-electron chi connectivity index (χ4n) is 4.26. The molecular formula is C30H38N4O3. The SMILES string of the molecule is CC(C)(C)OCC(C)(C)Oc1nccc(-c2ccc3cc(NCCN4CCOCC4)ccc3c2)c1C#N. The van der Waals surface area contributed by atoms with Crippen LogP contribution in [-0.2, 0) is 9.47 Å². The van der Waals surface area contributed by atoms with Crippen LogP contribution >= 0.6 is 0 Å². The van der Waals surface area contributed by atoms with Crippen LogP contribution in [0.4, 0.5) is 5.69 Å². The van der Waals surface area contributed by atoms with E-state index in [0.717, 1.165) is 67.0 Å². The molecule has 3 aromatic rings. The number of nitrogens with one attached hydrogen (secondary N) is 1. The predicted octanol–water partition coefficient (Wildman–Crippen LogP) is 5.49. The van der Waals surface area contributed by atoms with Gasteiger partial charge in [-0.3, -0.25) is 4.90 Å². The molecule has 0 aliphatic carbocycles. The van der Waals surface area contributed by atoms with Crippen molar-refractivity contribution in [2.75, 3.05) is 51.3 Å². The van der Waals surface area contributed by atoms with Crippen molar-refractivity contribution in [1.82, 2.24) is 9.88 Å². The van der Waals surface area contributed by atoms with E-state index in [1.165, 1.54) is 0 Å². The predicted molar refractivity (Wildman–Crippen MR) is 148 cm³/mol. The number of benzene rings is 2. The standard InChI is InChI=1S/C30H38N4O3/c1-29(2,3)36-21-30(4,5)37-28-27(20-31)26(10-11-33-28)24-7-6-23-19-25(9-8-22(23)18-24)32-12-13-34-14-16-35-17-15-34/h6-11,18-19,32H,12-17,21H2,1-5H3. The van der Waals surface area contributed by atoms with Gasteiger partial charge >= 0.3 is 0 Å². The number of aromatic nitrogens is 1. The van der Waals surface area contributed by atoms with Crippen molar-refractivity contribution in [3.8, 4) is 23.1 Å². The van der Waals surface area contributed by atoms with Gasteiger partial charge < -0.3 is 19.5 Å². The minimum Gasteiger partial charge on any atom is -0.468 e. The minimum atomic E-state index is -0.640. The molecule has 2 heterocycles. The summed E-state index contributed by atoms with van der Waals surface area (Å²) < 4.78 is 17.5. The van der Waals surface area contributed by atoms with Crippen LogP contribution in [0.5, 0.6) is 5.88 Å². The molecule has 0 saturated carbocycles. The second-order valence-corrected chi connectivity index (χ2v) is 11.1. The maximum Gasteiger partial charge on any atom is 0.232 e. The monoisotopic (exact) mass is 502 g/mol. The molecule has 1 fully saturated rings. The van der Waals surface area contributed by atoms with E-state index in [-0.39, 0.29) is 5.60 Å². The largest absolute Gasteiger partial charge is 0.468 e. The van der Waals surface area contributed by atoms with Crippen molar-refractivity contribution in [1.29, 1.82) is 5.26 Å². The van der Waals surface area contributed by atoms with Crippen LogP contribution < -0.4 is 10.1 Å². The van der Waals surface area contributed by atoms with Gasteiger partial charge in [-0.15, -0.1) is 0 Å². The first-order valence-corrected chi connectivity index (χ1v) is 12.9. The first kappa shape index (κ1) is 26.9. The van der Waals surface area contributed by atoms with Gasteiger partial charge in [0.15, 0.2) is 0 Å². The van der Waals surface area contributed by atoms with Gasteiger partial charge in [-0.2, -0.15) is 5.26 Å². The number of nitriles is 1. The number of hydrogen-bond acceptors (Lipinski definition) is 7. The minimum absolute atomic E-state index is 0.281. The lowest BCUT2D eigenvalue weighted by Crippen LogP contribution is -2.38. The fourth-order valence-corrected chi connectivity index (χ4v) is 4.26. The maximum atomic E-state index is 10.0. The molecule has 196 valence electrons. The number of fused-ring (bicyclic) bond motifs is 1. The summed E-state index contributed by atoms with van der Waals surface area (Å²) in [5, 5.41) is 15.8. The molecule has 4 rings (SSSR count). The molecule has 2 aromatic carbocycles. The van der Waals surface area contributed by atoms with Gasteiger partial charge in [0, 0.05) is 43.6 Å². The molecule has 0 amide bonds. The zero-order valence-electron chi connectivity index (χ0n) is 22.6. The first-order chi connectivity index (χ1) is 17.6. The van der Waals surface area contributed by atoms with Gasteiger partial charge in [-0.05, 0) is 75.2 Å². The average Bonchev–Trinajstić information content (AvgIpc) is 2.87. The Labute approximate surface area is 220 Å². The Kier molecular flexibility index (Phi) is 8.33. The molecule has 1 aliphatic rings. The normalized spacial score (nSPS) is 14.9. The molecule has 1 aliphatic heterocycles. The molecule has 7 heteroatoms. The number of ether oxygens (including phenoxy) is 3. The molecule has 0 bridgehead atoms. The van der Waals surface area contributed by atoms with Crippen LogP contribution in [0.3, 0.4) is 0 Å². The number of morpholine rings is 1. The van der Waals surface area contributed by atoms with Crippen molar-refractivity contribution in [2.24, 2.45) is 0 Å². The van der Waals surface area contributed by atoms with Crippen molar-refractivity contribution >= 4 is 16.5 Å². The van der Waals surface area contributed by atoms with Crippen LogP contribution in [0.2, 0.25) is 0 Å². The Bertz CT molecular complexity index is 1250. The zero-order valence-corrected chi connectivity index (χ0v) is 22.6. The second kappa shape index (κ2) is 11.5. The van der Waals surface area contributed by atoms with Crippen LogP contribution in [-0.4, -0.2) is 67.1 Å². The summed E-state index contributed by atoms with van der Waals surface area (Å²) in [6.45, 7) is 15.8. The number of anilines is 1. The molecular weight excluding hydrogens is 464 g/mol. The smallest absolute Gasteiger partial charge is 0.232 e. The maximum absolute atomic E-state index is 10.0. The van der Waals surface area contributed by atoms with Gasteiger partial charge in [0.05, 0.1) is 25.4 Å². The highest BCUT2D eigenvalue weighted by Crippen LogP contribution is 2.33. The van der Waals surface area contributed by atoms with E-state index in [2.05, 4.69) is 51.6 Å². The molecule has 0 unspecified atom stereocenters. The Morgan fingerprint density at radius 2 is 1.76 bits per heavy atom. The van der Waals surface area contributed by atoms with Gasteiger partial charge in [-0.25, -0.2) is 4.98 Å². The van der Waals surface area contributed by atoms with Crippen molar-refractivity contribution in [3.63, 3.8) is 0 Å². The summed E-state index contributed by atoms with van der Waals surface area (Å²) >= 11 is 0. The topological polar surface area (TPSA) is 79.6 Å². The quantitative estimate of drug-likeness (QED) is 0.414. The van der Waals surface area contributed by atoms with Gasteiger partial charge in [0.1, 0.15) is 17.2 Å². The Morgan fingerprint density at radius 1 is 1.03 bits per heavy atom. The summed E-state index contributed by atoms with van der Waals surface area (Å²) in [5.41, 5.74) is 2.36. The lowest BCUT2D eigenvalue weighted by Gasteiger charge is -2.30. The molecule has 1 saturated heterocycles. The van der Waals surface area contributed by atoms with E-state index < -0.39 is 5.60 Å². The highest BCUT2D eigenvalue weighted by atomic mass is 16.6. The van der Waals surface area contributed by atoms with E-state index in [4.69, 9.17) is 14.2 Å². The third-order valence-corrected chi connectivity index (χ3v) is 6.27. The molecule has 0 radical (unpaired) electrons. The van der Waals surface area contributed by atoms with E-state index in [9.17, 15) is 5.26 Å². The highest BCUT2D eigenvalue weighted by molar-refractivity contribution is 5.90. The Morgan fingerprint density at radius 3 is 2.49 bits per heavy atom. The molecule has 7 nitrogen and oxygen atoms in total. The Hall–Kier alpha value is -3.18. The third kappa shape index (κ3) is 7.42. The summed E-state index contributed by atoms with van der Waals surface area (Å²) in [7, 11) is 0. The van der Waals surface area contributed by atoms with Gasteiger partial charge in [-0.1, -0.05) is 18.2 Å². The molecule has 37 heavy (non-hydrogen) atoms. The van der Waals surface area contributed by atoms with Crippen molar-refractivity contribution in [2.45, 2.75) is 45.8 Å². The van der Waals surface area contributed by atoms with E-state index in [1.807, 2.05) is 46.8 Å². The molecule has 0 atom stereocenters. The van der Waals surface area contributed by atoms with E-state index in [1.54, 1.807) is 6.20 Å². The van der Waals surface area contributed by atoms with Crippen LogP contribution in [0.15, 0.2) is 48.7 Å². The molecule has 1 aromatic heterocycles. The van der Waals surface area contributed by atoms with Crippen molar-refractivity contribution in [3.05, 3.63) is 54.2 Å². The number of pyridine rings is 1. The average molecular weight is 503 g/mol. The van der Waals surface area contributed by atoms with Crippen LogP contribution in [0.25, 0.3) is 21.9 Å². The van der Waals surface area contributed by atoms with Crippen LogP contribution in [0.1, 0.15) is 40.2 Å². The molecule has 0 spiro atoms. The number of nitrogens with zero attached hydrogens (tertiary/aromatic N) is 3. The lowest BCUT2D eigenvalue weighted by molar-refractivity contribution is -0.0735. The van der Waals surface area contributed by atoms with E-state index in [0.29, 0.717) is 18.1 Å². The highest BCUT2D eigenvalue weighted by Gasteiger charge is 2.26. The fraction of sp³-hybridized carbons (Fsp3) is 0.467. The lowest BCUT2D eigenvalue weighted by atomic mass is 9.98. The number of hydrogen-bond donors (Lipinski definition) is 1. The van der Waals surface area contributed by atoms with Gasteiger partial charge in [0.25, 0.3) is 0 Å². The summed E-state index contributed by atoms with van der Waals surface area (Å²) in [6, 6.07) is 16.8. The Balaban J connectivity index is 1.49. The second-order valence-electron chi connectivity index (χ2n) is 11.1. The van der Waals surface area contributed by atoms with Gasteiger partial charge in [0.2, 0.25) is 5.88 Å².